The highest BCUT2D eigenvalue weighted by molar-refractivity contribution is 5.94. The number of methoxy groups -OCH3 is 2. The van der Waals surface area contributed by atoms with Gasteiger partial charge in [-0.2, -0.15) is 0 Å². The number of hydrogen-bond acceptors (Lipinski definition) is 7. The second-order valence-electron chi connectivity index (χ2n) is 7.60. The molecule has 30 heavy (non-hydrogen) atoms. The van der Waals surface area contributed by atoms with Gasteiger partial charge >= 0.3 is 0 Å². The Morgan fingerprint density at radius 3 is 2.60 bits per heavy atom. The van der Waals surface area contributed by atoms with Crippen molar-refractivity contribution in [2.45, 2.75) is 31.5 Å². The fourth-order valence-electron chi connectivity index (χ4n) is 3.91. The van der Waals surface area contributed by atoms with Crippen molar-refractivity contribution in [3.8, 4) is 28.5 Å². The van der Waals surface area contributed by atoms with E-state index in [1.54, 1.807) is 14.2 Å². The van der Waals surface area contributed by atoms with Gasteiger partial charge in [0.2, 0.25) is 0 Å². The Labute approximate surface area is 175 Å². The Hall–Kier alpha value is -2.90. The lowest BCUT2D eigenvalue weighted by molar-refractivity contribution is -0.0317. The zero-order valence-corrected chi connectivity index (χ0v) is 17.1. The third-order valence-corrected chi connectivity index (χ3v) is 5.63. The third-order valence-electron chi connectivity index (χ3n) is 5.63. The van der Waals surface area contributed by atoms with E-state index in [4.69, 9.17) is 14.2 Å². The lowest BCUT2D eigenvalue weighted by Gasteiger charge is -2.30. The van der Waals surface area contributed by atoms with E-state index in [1.165, 1.54) is 6.33 Å². The summed E-state index contributed by atoms with van der Waals surface area (Å²) >= 11 is 0. The average Bonchev–Trinajstić information content (AvgIpc) is 2.78. The molecule has 4 rings (SSSR count). The van der Waals surface area contributed by atoms with Crippen molar-refractivity contribution >= 4 is 10.9 Å². The number of benzene rings is 2. The second kappa shape index (κ2) is 8.85. The summed E-state index contributed by atoms with van der Waals surface area (Å²) in [6, 6.07) is 11.5. The van der Waals surface area contributed by atoms with Crippen LogP contribution in [0.1, 0.15) is 19.3 Å². The van der Waals surface area contributed by atoms with Crippen molar-refractivity contribution in [1.29, 1.82) is 0 Å². The second-order valence-corrected chi connectivity index (χ2v) is 7.60. The van der Waals surface area contributed by atoms with Gasteiger partial charge in [-0.05, 0) is 43.4 Å². The van der Waals surface area contributed by atoms with Gasteiger partial charge in [-0.3, -0.25) is 0 Å². The Morgan fingerprint density at radius 1 is 0.967 bits per heavy atom. The van der Waals surface area contributed by atoms with Gasteiger partial charge in [0.25, 0.3) is 0 Å². The SMILES string of the molecule is COc1cccc(-c2ncnc3cc(OCC4CCC(O)C(O)C4)c(OC)cc23)c1. The summed E-state index contributed by atoms with van der Waals surface area (Å²) in [5.74, 6) is 2.13. The molecule has 1 fully saturated rings. The Balaban J connectivity index is 1.63. The molecular formula is C23H26N2O5. The first-order valence-corrected chi connectivity index (χ1v) is 10.0. The molecule has 0 spiro atoms. The summed E-state index contributed by atoms with van der Waals surface area (Å²) < 4.78 is 17.0. The van der Waals surface area contributed by atoms with Gasteiger partial charge < -0.3 is 24.4 Å². The minimum absolute atomic E-state index is 0.182. The number of aliphatic hydroxyl groups excluding tert-OH is 2. The highest BCUT2D eigenvalue weighted by atomic mass is 16.5. The van der Waals surface area contributed by atoms with E-state index in [2.05, 4.69) is 9.97 Å². The molecule has 158 valence electrons. The summed E-state index contributed by atoms with van der Waals surface area (Å²) in [7, 11) is 3.24. The fourth-order valence-corrected chi connectivity index (χ4v) is 3.91. The third kappa shape index (κ3) is 4.17. The van der Waals surface area contributed by atoms with E-state index < -0.39 is 12.2 Å². The van der Waals surface area contributed by atoms with E-state index in [1.807, 2.05) is 36.4 Å². The van der Waals surface area contributed by atoms with E-state index >= 15 is 0 Å². The van der Waals surface area contributed by atoms with Crippen LogP contribution in [-0.2, 0) is 0 Å². The van der Waals surface area contributed by atoms with Crippen molar-refractivity contribution in [3.63, 3.8) is 0 Å². The van der Waals surface area contributed by atoms with Crippen molar-refractivity contribution in [1.82, 2.24) is 9.97 Å². The van der Waals surface area contributed by atoms with Gasteiger partial charge in [0.15, 0.2) is 11.5 Å². The lowest BCUT2D eigenvalue weighted by atomic mass is 9.86. The van der Waals surface area contributed by atoms with E-state index in [-0.39, 0.29) is 5.92 Å². The largest absolute Gasteiger partial charge is 0.497 e. The smallest absolute Gasteiger partial charge is 0.163 e. The van der Waals surface area contributed by atoms with Crippen LogP contribution >= 0.6 is 0 Å². The zero-order chi connectivity index (χ0) is 21.1. The summed E-state index contributed by atoms with van der Waals surface area (Å²) in [5, 5.41) is 20.5. The molecule has 1 aliphatic rings. The van der Waals surface area contributed by atoms with Crippen molar-refractivity contribution < 1.29 is 24.4 Å². The number of aromatic nitrogens is 2. The van der Waals surface area contributed by atoms with Crippen molar-refractivity contribution in [2.24, 2.45) is 5.92 Å². The molecule has 2 N–H and O–H groups in total. The quantitative estimate of drug-likeness (QED) is 0.644. The maximum absolute atomic E-state index is 9.91. The van der Waals surface area contributed by atoms with Crippen LogP contribution in [0.4, 0.5) is 0 Å². The molecule has 7 nitrogen and oxygen atoms in total. The van der Waals surface area contributed by atoms with Crippen LogP contribution in [0.5, 0.6) is 17.2 Å². The van der Waals surface area contributed by atoms with Crippen LogP contribution in [0, 0.1) is 5.92 Å². The van der Waals surface area contributed by atoms with Crippen LogP contribution in [0.3, 0.4) is 0 Å². The molecule has 2 aromatic carbocycles. The van der Waals surface area contributed by atoms with E-state index in [9.17, 15) is 10.2 Å². The van der Waals surface area contributed by atoms with Crippen molar-refractivity contribution in [2.75, 3.05) is 20.8 Å². The first-order chi connectivity index (χ1) is 14.6. The Morgan fingerprint density at radius 2 is 1.83 bits per heavy atom. The number of nitrogens with zero attached hydrogens (tertiary/aromatic N) is 2. The maximum atomic E-state index is 9.91. The Kier molecular flexibility index (Phi) is 6.01. The molecule has 0 radical (unpaired) electrons. The molecule has 1 aliphatic carbocycles. The predicted molar refractivity (Wildman–Crippen MR) is 113 cm³/mol. The van der Waals surface area contributed by atoms with Gasteiger partial charge in [-0.25, -0.2) is 9.97 Å². The first kappa shape index (κ1) is 20.4. The molecular weight excluding hydrogens is 384 g/mol. The van der Waals surface area contributed by atoms with Crippen LogP contribution in [-0.4, -0.2) is 53.2 Å². The van der Waals surface area contributed by atoms with E-state index in [0.717, 1.165) is 34.3 Å². The van der Waals surface area contributed by atoms with E-state index in [0.29, 0.717) is 30.9 Å². The predicted octanol–water partition coefficient (Wildman–Crippen LogP) is 3.21. The standard InChI is InChI=1S/C23H26N2O5/c1-28-16-5-3-4-15(9-16)23-17-10-21(29-2)22(11-18(17)24-13-25-23)30-12-14-6-7-19(26)20(27)8-14/h3-5,9-11,13-14,19-20,26-27H,6-8,12H2,1-2H3. The van der Waals surface area contributed by atoms with Crippen LogP contribution < -0.4 is 14.2 Å². The first-order valence-electron chi connectivity index (χ1n) is 10.0. The molecule has 1 saturated carbocycles. The molecule has 3 atom stereocenters. The number of aliphatic hydroxyl groups is 2. The van der Waals surface area contributed by atoms with Gasteiger partial charge in [-0.15, -0.1) is 0 Å². The zero-order valence-electron chi connectivity index (χ0n) is 17.1. The molecule has 0 amide bonds. The normalized spacial score (nSPS) is 21.4. The van der Waals surface area contributed by atoms with Crippen molar-refractivity contribution in [3.05, 3.63) is 42.7 Å². The molecule has 1 heterocycles. The van der Waals surface area contributed by atoms with Gasteiger partial charge in [-0.1, -0.05) is 12.1 Å². The van der Waals surface area contributed by atoms with Gasteiger partial charge in [0.05, 0.1) is 44.2 Å². The maximum Gasteiger partial charge on any atom is 0.163 e. The van der Waals surface area contributed by atoms with Gasteiger partial charge in [0.1, 0.15) is 12.1 Å². The monoisotopic (exact) mass is 410 g/mol. The molecule has 0 aliphatic heterocycles. The topological polar surface area (TPSA) is 93.9 Å². The summed E-state index contributed by atoms with van der Waals surface area (Å²) in [5.41, 5.74) is 2.46. The summed E-state index contributed by atoms with van der Waals surface area (Å²) in [6.45, 7) is 0.444. The van der Waals surface area contributed by atoms with Crippen LogP contribution in [0.15, 0.2) is 42.7 Å². The minimum Gasteiger partial charge on any atom is -0.497 e. The van der Waals surface area contributed by atoms with Gasteiger partial charge in [0, 0.05) is 17.0 Å². The molecule has 7 heteroatoms. The average molecular weight is 410 g/mol. The number of hydrogen-bond donors (Lipinski definition) is 2. The summed E-state index contributed by atoms with van der Waals surface area (Å²) in [4.78, 5) is 8.89. The lowest BCUT2D eigenvalue weighted by Crippen LogP contribution is -2.35. The number of fused-ring (bicyclic) bond motifs is 1. The molecule has 3 unspecified atom stereocenters. The van der Waals surface area contributed by atoms with Crippen LogP contribution in [0.25, 0.3) is 22.2 Å². The van der Waals surface area contributed by atoms with Crippen LogP contribution in [0.2, 0.25) is 0 Å². The molecule has 3 aromatic rings. The molecule has 0 saturated heterocycles. The number of ether oxygens (including phenoxy) is 3. The number of rotatable bonds is 6. The molecule has 1 aromatic heterocycles. The summed E-state index contributed by atoms with van der Waals surface area (Å²) in [6.07, 6.45) is 2.13. The molecule has 0 bridgehead atoms. The highest BCUT2D eigenvalue weighted by Crippen LogP contribution is 2.37. The highest BCUT2D eigenvalue weighted by Gasteiger charge is 2.28. The Bertz CT molecular complexity index is 1030. The minimum atomic E-state index is -0.691. The fraction of sp³-hybridized carbons (Fsp3) is 0.391.